The van der Waals surface area contributed by atoms with Crippen molar-refractivity contribution in [3.8, 4) is 5.75 Å². The van der Waals surface area contributed by atoms with E-state index in [0.717, 1.165) is 22.7 Å². The number of nitrogens with one attached hydrogen (secondary N) is 1. The molecule has 1 N–H and O–H groups in total. The van der Waals surface area contributed by atoms with Gasteiger partial charge in [0.2, 0.25) is 15.9 Å². The molecule has 8 nitrogen and oxygen atoms in total. The Morgan fingerprint density at radius 2 is 1.91 bits per heavy atom. The highest BCUT2D eigenvalue weighted by Crippen LogP contribution is 2.22. The number of sulfonamides is 1. The predicted octanol–water partition coefficient (Wildman–Crippen LogP) is 2.86. The van der Waals surface area contributed by atoms with Crippen molar-refractivity contribution in [2.24, 2.45) is 7.05 Å². The summed E-state index contributed by atoms with van der Waals surface area (Å²) in [5.74, 6) is 1.40. The number of hydrogen-bond donors (Lipinski definition) is 1. The summed E-state index contributed by atoms with van der Waals surface area (Å²) in [5, 5.41) is 2.94. The summed E-state index contributed by atoms with van der Waals surface area (Å²) in [6.07, 6.45) is 0.766. The summed E-state index contributed by atoms with van der Waals surface area (Å²) >= 11 is 0. The van der Waals surface area contributed by atoms with E-state index in [1.165, 1.54) is 18.4 Å². The Morgan fingerprint density at radius 3 is 2.59 bits per heavy atom. The Kier molecular flexibility index (Phi) is 7.20. The van der Waals surface area contributed by atoms with Gasteiger partial charge in [-0.3, -0.25) is 4.79 Å². The van der Waals surface area contributed by atoms with Crippen molar-refractivity contribution in [2.45, 2.75) is 44.2 Å². The van der Waals surface area contributed by atoms with E-state index in [4.69, 9.17) is 4.74 Å². The third kappa shape index (κ3) is 5.28. The molecule has 3 aromatic rings. The highest BCUT2D eigenvalue weighted by Gasteiger charge is 2.19. The van der Waals surface area contributed by atoms with Crippen LogP contribution in [0.3, 0.4) is 0 Å². The van der Waals surface area contributed by atoms with Crippen LogP contribution in [0.15, 0.2) is 47.4 Å². The van der Waals surface area contributed by atoms with Crippen molar-refractivity contribution >= 4 is 27.0 Å². The highest BCUT2D eigenvalue weighted by molar-refractivity contribution is 7.89. The molecule has 0 aliphatic carbocycles. The Balaban J connectivity index is 1.66. The number of fused-ring (bicyclic) bond motifs is 1. The molecular weight excluding hydrogens is 428 g/mol. The molecule has 0 bridgehead atoms. The van der Waals surface area contributed by atoms with E-state index in [9.17, 15) is 13.2 Å². The molecule has 0 saturated heterocycles. The van der Waals surface area contributed by atoms with E-state index >= 15 is 0 Å². The Morgan fingerprint density at radius 1 is 1.19 bits per heavy atom. The molecule has 2 aromatic carbocycles. The van der Waals surface area contributed by atoms with Gasteiger partial charge < -0.3 is 14.6 Å². The number of benzene rings is 2. The van der Waals surface area contributed by atoms with E-state index in [1.54, 1.807) is 18.2 Å². The monoisotopic (exact) mass is 458 g/mol. The Labute approximate surface area is 189 Å². The SMILES string of the molecule is CC(C)Oc1ccccc1CNC(=O)CCc1nc2cc(S(=O)(=O)N(C)C)ccc2n1C. The zero-order chi connectivity index (χ0) is 23.5. The van der Waals surface area contributed by atoms with Crippen LogP contribution in [0.1, 0.15) is 31.7 Å². The zero-order valence-electron chi connectivity index (χ0n) is 19.1. The molecule has 3 rings (SSSR count). The minimum atomic E-state index is -3.53. The van der Waals surface area contributed by atoms with Gasteiger partial charge in [-0.2, -0.15) is 0 Å². The normalized spacial score (nSPS) is 12.0. The third-order valence-electron chi connectivity index (χ3n) is 5.11. The summed E-state index contributed by atoms with van der Waals surface area (Å²) in [5.41, 5.74) is 2.33. The third-order valence-corrected chi connectivity index (χ3v) is 6.92. The second-order valence-corrected chi connectivity index (χ2v) is 10.2. The number of ether oxygens (including phenoxy) is 1. The van der Waals surface area contributed by atoms with Crippen LogP contribution in [0.5, 0.6) is 5.75 Å². The van der Waals surface area contributed by atoms with E-state index < -0.39 is 10.0 Å². The molecule has 0 atom stereocenters. The largest absolute Gasteiger partial charge is 0.491 e. The van der Waals surface area contributed by atoms with Gasteiger partial charge in [-0.05, 0) is 38.1 Å². The minimum absolute atomic E-state index is 0.0534. The van der Waals surface area contributed by atoms with E-state index in [2.05, 4.69) is 10.3 Å². The van der Waals surface area contributed by atoms with Gasteiger partial charge in [-0.25, -0.2) is 17.7 Å². The highest BCUT2D eigenvalue weighted by atomic mass is 32.2. The maximum atomic E-state index is 12.4. The maximum absolute atomic E-state index is 12.4. The standard InChI is InChI=1S/C23H30N4O4S/c1-16(2)31-21-9-7-6-8-17(21)15-24-23(28)13-12-22-25-19-14-18(32(29,30)26(3)4)10-11-20(19)27(22)5/h6-11,14,16H,12-13,15H2,1-5H3,(H,24,28). The second-order valence-electron chi connectivity index (χ2n) is 8.08. The van der Waals surface area contributed by atoms with Crippen LogP contribution in [0, 0.1) is 0 Å². The number of aryl methyl sites for hydroxylation is 2. The van der Waals surface area contributed by atoms with Crippen LogP contribution < -0.4 is 10.1 Å². The molecular formula is C23H30N4O4S. The quantitative estimate of drug-likeness (QED) is 0.532. The van der Waals surface area contributed by atoms with Crippen LogP contribution in [0.2, 0.25) is 0 Å². The van der Waals surface area contributed by atoms with Gasteiger partial charge in [-0.15, -0.1) is 0 Å². The van der Waals surface area contributed by atoms with E-state index in [0.29, 0.717) is 18.5 Å². The summed E-state index contributed by atoms with van der Waals surface area (Å²) in [6, 6.07) is 12.5. The van der Waals surface area contributed by atoms with Gasteiger partial charge in [0.15, 0.2) is 0 Å². The number of amides is 1. The lowest BCUT2D eigenvalue weighted by Gasteiger charge is -2.14. The summed E-state index contributed by atoms with van der Waals surface area (Å²) in [6.45, 7) is 4.31. The van der Waals surface area contributed by atoms with Crippen LogP contribution in [-0.4, -0.2) is 48.4 Å². The topological polar surface area (TPSA) is 93.5 Å². The number of carbonyl (C=O) groups excluding carboxylic acids is 1. The molecule has 1 aromatic heterocycles. The van der Waals surface area contributed by atoms with E-state index in [-0.39, 0.29) is 23.3 Å². The minimum Gasteiger partial charge on any atom is -0.491 e. The second kappa shape index (κ2) is 9.70. The first kappa shape index (κ1) is 23.7. The molecule has 0 radical (unpaired) electrons. The number of imidazole rings is 1. The van der Waals surface area contributed by atoms with Crippen LogP contribution in [0.4, 0.5) is 0 Å². The fourth-order valence-electron chi connectivity index (χ4n) is 3.35. The molecule has 0 aliphatic rings. The number of aromatic nitrogens is 2. The molecule has 0 spiro atoms. The van der Waals surface area contributed by atoms with Crippen LogP contribution in [0.25, 0.3) is 11.0 Å². The number of rotatable bonds is 9. The number of carbonyl (C=O) groups is 1. The Bertz CT molecular complexity index is 1220. The van der Waals surface area contributed by atoms with Crippen molar-refractivity contribution in [3.63, 3.8) is 0 Å². The fraction of sp³-hybridized carbons (Fsp3) is 0.391. The number of nitrogens with zero attached hydrogens (tertiary/aromatic N) is 3. The first-order chi connectivity index (χ1) is 15.1. The van der Waals surface area contributed by atoms with Gasteiger partial charge in [0.05, 0.1) is 22.0 Å². The van der Waals surface area contributed by atoms with Gasteiger partial charge in [-0.1, -0.05) is 18.2 Å². The lowest BCUT2D eigenvalue weighted by molar-refractivity contribution is -0.121. The van der Waals surface area contributed by atoms with Crippen LogP contribution in [-0.2, 0) is 34.8 Å². The molecule has 0 unspecified atom stereocenters. The van der Waals surface area contributed by atoms with Crippen molar-refractivity contribution in [1.82, 2.24) is 19.2 Å². The number of para-hydroxylation sites is 1. The molecule has 172 valence electrons. The molecule has 32 heavy (non-hydrogen) atoms. The average Bonchev–Trinajstić information content (AvgIpc) is 3.06. The molecule has 0 saturated carbocycles. The van der Waals surface area contributed by atoms with E-state index in [1.807, 2.05) is 49.7 Å². The summed E-state index contributed by atoms with van der Waals surface area (Å²) in [4.78, 5) is 17.2. The van der Waals surface area contributed by atoms with Gasteiger partial charge >= 0.3 is 0 Å². The Hall–Kier alpha value is -2.91. The first-order valence-electron chi connectivity index (χ1n) is 10.5. The van der Waals surface area contributed by atoms with Crippen molar-refractivity contribution in [1.29, 1.82) is 0 Å². The average molecular weight is 459 g/mol. The lowest BCUT2D eigenvalue weighted by atomic mass is 10.2. The molecule has 1 amide bonds. The van der Waals surface area contributed by atoms with Gasteiger partial charge in [0.25, 0.3) is 0 Å². The predicted molar refractivity (Wildman–Crippen MR) is 124 cm³/mol. The van der Waals surface area contributed by atoms with Crippen molar-refractivity contribution in [3.05, 3.63) is 53.9 Å². The van der Waals surface area contributed by atoms with Gasteiger partial charge in [0, 0.05) is 46.1 Å². The molecule has 9 heteroatoms. The van der Waals surface area contributed by atoms with Gasteiger partial charge in [0.1, 0.15) is 11.6 Å². The smallest absolute Gasteiger partial charge is 0.242 e. The molecule has 0 fully saturated rings. The maximum Gasteiger partial charge on any atom is 0.242 e. The molecule has 1 heterocycles. The first-order valence-corrected chi connectivity index (χ1v) is 11.9. The molecule has 0 aliphatic heterocycles. The fourth-order valence-corrected chi connectivity index (χ4v) is 4.27. The van der Waals surface area contributed by atoms with Crippen molar-refractivity contribution < 1.29 is 17.9 Å². The zero-order valence-corrected chi connectivity index (χ0v) is 19.9. The van der Waals surface area contributed by atoms with Crippen molar-refractivity contribution in [2.75, 3.05) is 14.1 Å². The summed E-state index contributed by atoms with van der Waals surface area (Å²) < 4.78 is 33.6. The van der Waals surface area contributed by atoms with Crippen LogP contribution >= 0.6 is 0 Å². The lowest BCUT2D eigenvalue weighted by Crippen LogP contribution is -2.24. The summed E-state index contributed by atoms with van der Waals surface area (Å²) in [7, 11) is 1.32. The number of hydrogen-bond acceptors (Lipinski definition) is 5.